The van der Waals surface area contributed by atoms with Gasteiger partial charge in [0, 0.05) is 56.5 Å². The van der Waals surface area contributed by atoms with Gasteiger partial charge in [-0.3, -0.25) is 9.69 Å². The van der Waals surface area contributed by atoms with Crippen LogP contribution in [0.15, 0.2) is 29.8 Å². The van der Waals surface area contributed by atoms with Crippen LogP contribution in [0.3, 0.4) is 0 Å². The summed E-state index contributed by atoms with van der Waals surface area (Å²) in [5, 5.41) is 5.58. The van der Waals surface area contributed by atoms with Gasteiger partial charge in [-0.1, -0.05) is 0 Å². The number of rotatable bonds is 3. The number of nitrogens with one attached hydrogen (secondary N) is 1. The van der Waals surface area contributed by atoms with Crippen LogP contribution in [0.2, 0.25) is 0 Å². The number of thiazole rings is 1. The van der Waals surface area contributed by atoms with Gasteiger partial charge < -0.3 is 15.1 Å². The highest BCUT2D eigenvalue weighted by atomic mass is 32.1. The maximum Gasteiger partial charge on any atom is 0.321 e. The largest absolute Gasteiger partial charge is 0.346 e. The molecule has 1 N–H and O–H groups in total. The van der Waals surface area contributed by atoms with Crippen LogP contribution in [0.25, 0.3) is 0 Å². The van der Waals surface area contributed by atoms with E-state index in [2.05, 4.69) is 15.2 Å². The number of halogens is 1. The minimum atomic E-state index is -0.565. The lowest BCUT2D eigenvalue weighted by atomic mass is 10.1. The lowest BCUT2D eigenvalue weighted by Gasteiger charge is -2.23. The Kier molecular flexibility index (Phi) is 4.93. The summed E-state index contributed by atoms with van der Waals surface area (Å²) in [4.78, 5) is 34.5. The number of urea groups is 1. The monoisotopic (exact) mass is 389 g/mol. The van der Waals surface area contributed by atoms with Gasteiger partial charge in [0.2, 0.25) is 0 Å². The van der Waals surface area contributed by atoms with Gasteiger partial charge in [-0.25, -0.2) is 14.2 Å². The number of hydrogen-bond donors (Lipinski definition) is 1. The lowest BCUT2D eigenvalue weighted by Crippen LogP contribution is -2.36. The second kappa shape index (κ2) is 7.51. The highest BCUT2D eigenvalue weighted by Gasteiger charge is 2.26. The molecular weight excluding hydrogens is 369 g/mol. The molecule has 0 saturated carbocycles. The molecule has 2 fully saturated rings. The van der Waals surface area contributed by atoms with E-state index in [0.717, 1.165) is 18.1 Å². The molecule has 27 heavy (non-hydrogen) atoms. The molecule has 1 aromatic carbocycles. The highest BCUT2D eigenvalue weighted by Crippen LogP contribution is 2.23. The second-order valence-corrected chi connectivity index (χ2v) is 7.37. The molecule has 0 atom stereocenters. The van der Waals surface area contributed by atoms with Gasteiger partial charge in [-0.2, -0.15) is 0 Å². The van der Waals surface area contributed by atoms with E-state index in [1.807, 2.05) is 5.38 Å². The van der Waals surface area contributed by atoms with Crippen molar-refractivity contribution >= 4 is 34.1 Å². The van der Waals surface area contributed by atoms with Crippen LogP contribution < -0.4 is 15.1 Å². The molecule has 4 rings (SSSR count). The Labute approximate surface area is 160 Å². The third-order valence-electron chi connectivity index (χ3n) is 4.82. The average Bonchev–Trinajstić information content (AvgIpc) is 3.29. The number of amides is 3. The molecule has 0 radical (unpaired) electrons. The normalized spacial score (nSPS) is 17.8. The van der Waals surface area contributed by atoms with Gasteiger partial charge in [0.05, 0.1) is 5.56 Å². The van der Waals surface area contributed by atoms with Crippen LogP contribution in [-0.2, 0) is 0 Å². The molecule has 0 spiro atoms. The maximum atomic E-state index is 14.4. The Morgan fingerprint density at radius 2 is 2.07 bits per heavy atom. The first-order valence-corrected chi connectivity index (χ1v) is 9.80. The van der Waals surface area contributed by atoms with Crippen molar-refractivity contribution in [1.29, 1.82) is 0 Å². The number of nitrogens with zero attached hydrogens (tertiary/aromatic N) is 4. The van der Waals surface area contributed by atoms with Crippen LogP contribution in [0.4, 0.5) is 20.0 Å². The van der Waals surface area contributed by atoms with Crippen molar-refractivity contribution in [3.05, 3.63) is 41.2 Å². The molecule has 2 aliphatic heterocycles. The third-order valence-corrected chi connectivity index (χ3v) is 5.65. The predicted octanol–water partition coefficient (Wildman–Crippen LogP) is 2.16. The van der Waals surface area contributed by atoms with E-state index in [4.69, 9.17) is 0 Å². The number of carbonyl (C=O) groups excluding carboxylic acids is 2. The molecule has 142 valence electrons. The summed E-state index contributed by atoms with van der Waals surface area (Å²) in [6.07, 6.45) is 2.56. The standard InChI is InChI=1S/C18H20FN5O2S/c19-15-3-2-13(24-8-4-20-17(24)26)12-14(15)16(25)22-6-1-7-23(10-9-22)18-21-5-11-27-18/h2-3,5,11-12H,1,4,6-10H2,(H,20,26). The van der Waals surface area contributed by atoms with Gasteiger partial charge >= 0.3 is 6.03 Å². The van der Waals surface area contributed by atoms with Gasteiger partial charge in [-0.05, 0) is 24.6 Å². The molecule has 0 bridgehead atoms. The molecule has 1 aromatic heterocycles. The molecular formula is C18H20FN5O2S. The number of carbonyl (C=O) groups is 2. The summed E-state index contributed by atoms with van der Waals surface area (Å²) in [5.41, 5.74) is 0.545. The first kappa shape index (κ1) is 17.7. The number of benzene rings is 1. The molecule has 2 saturated heterocycles. The Morgan fingerprint density at radius 3 is 2.81 bits per heavy atom. The minimum Gasteiger partial charge on any atom is -0.346 e. The van der Waals surface area contributed by atoms with Gasteiger partial charge in [-0.15, -0.1) is 11.3 Å². The van der Waals surface area contributed by atoms with Crippen LogP contribution in [-0.4, -0.2) is 61.1 Å². The van der Waals surface area contributed by atoms with Gasteiger partial charge in [0.1, 0.15) is 5.82 Å². The maximum absolute atomic E-state index is 14.4. The number of hydrogen-bond acceptors (Lipinski definition) is 5. The topological polar surface area (TPSA) is 68.8 Å². The van der Waals surface area contributed by atoms with Crippen molar-refractivity contribution in [2.75, 3.05) is 49.1 Å². The molecule has 2 aromatic rings. The summed E-state index contributed by atoms with van der Waals surface area (Å²) < 4.78 is 14.4. The predicted molar refractivity (Wildman–Crippen MR) is 102 cm³/mol. The SMILES string of the molecule is O=C(c1cc(N2CCNC2=O)ccc1F)N1CCCN(c2nccs2)CC1. The molecule has 9 heteroatoms. The molecule has 2 aliphatic rings. The van der Waals surface area contributed by atoms with E-state index in [-0.39, 0.29) is 17.5 Å². The van der Waals surface area contributed by atoms with Crippen molar-refractivity contribution in [1.82, 2.24) is 15.2 Å². The fourth-order valence-corrected chi connectivity index (χ4v) is 4.11. The zero-order valence-electron chi connectivity index (χ0n) is 14.7. The van der Waals surface area contributed by atoms with E-state index >= 15 is 0 Å². The minimum absolute atomic E-state index is 0.00917. The lowest BCUT2D eigenvalue weighted by molar-refractivity contribution is 0.0762. The summed E-state index contributed by atoms with van der Waals surface area (Å²) in [5.74, 6) is -0.903. The van der Waals surface area contributed by atoms with Crippen molar-refractivity contribution < 1.29 is 14.0 Å². The molecule has 0 aliphatic carbocycles. The fraction of sp³-hybridized carbons (Fsp3) is 0.389. The van der Waals surface area contributed by atoms with Crippen molar-refractivity contribution in [3.8, 4) is 0 Å². The third kappa shape index (κ3) is 3.59. The Bertz CT molecular complexity index is 844. The van der Waals surface area contributed by atoms with E-state index in [1.54, 1.807) is 22.4 Å². The summed E-state index contributed by atoms with van der Waals surface area (Å²) in [6, 6.07) is 4.04. The first-order valence-electron chi connectivity index (χ1n) is 8.92. The van der Waals surface area contributed by atoms with Crippen LogP contribution in [0, 0.1) is 5.82 Å². The van der Waals surface area contributed by atoms with Gasteiger partial charge in [0.15, 0.2) is 5.13 Å². The summed E-state index contributed by atoms with van der Waals surface area (Å²) in [6.45, 7) is 3.59. The van der Waals surface area contributed by atoms with Gasteiger partial charge in [0.25, 0.3) is 5.91 Å². The zero-order chi connectivity index (χ0) is 18.8. The average molecular weight is 389 g/mol. The van der Waals surface area contributed by atoms with Crippen molar-refractivity contribution in [2.45, 2.75) is 6.42 Å². The van der Waals surface area contributed by atoms with Crippen LogP contribution >= 0.6 is 11.3 Å². The smallest absolute Gasteiger partial charge is 0.321 e. The molecule has 7 nitrogen and oxygen atoms in total. The van der Waals surface area contributed by atoms with E-state index in [0.29, 0.717) is 38.4 Å². The number of aromatic nitrogens is 1. The number of anilines is 2. The Balaban J connectivity index is 1.51. The molecule has 3 heterocycles. The zero-order valence-corrected chi connectivity index (χ0v) is 15.5. The summed E-state index contributed by atoms with van der Waals surface area (Å²) in [7, 11) is 0. The van der Waals surface area contributed by atoms with E-state index in [1.165, 1.54) is 23.1 Å². The van der Waals surface area contributed by atoms with Crippen molar-refractivity contribution in [2.24, 2.45) is 0 Å². The van der Waals surface area contributed by atoms with E-state index in [9.17, 15) is 14.0 Å². The van der Waals surface area contributed by atoms with Crippen LogP contribution in [0.1, 0.15) is 16.8 Å². The van der Waals surface area contributed by atoms with E-state index < -0.39 is 5.82 Å². The Morgan fingerprint density at radius 1 is 1.19 bits per heavy atom. The fourth-order valence-electron chi connectivity index (χ4n) is 3.42. The highest BCUT2D eigenvalue weighted by molar-refractivity contribution is 7.13. The quantitative estimate of drug-likeness (QED) is 0.874. The second-order valence-electron chi connectivity index (χ2n) is 6.50. The summed E-state index contributed by atoms with van der Waals surface area (Å²) >= 11 is 1.57. The first-order chi connectivity index (χ1) is 13.1. The molecule has 0 unspecified atom stereocenters. The van der Waals surface area contributed by atoms with Crippen LogP contribution in [0.5, 0.6) is 0 Å². The molecule has 3 amide bonds. The Hall–Kier alpha value is -2.68. The van der Waals surface area contributed by atoms with Crippen molar-refractivity contribution in [3.63, 3.8) is 0 Å².